The Bertz CT molecular complexity index is 606. The molecule has 0 unspecified atom stereocenters. The van der Waals surface area contributed by atoms with Crippen LogP contribution in [0.25, 0.3) is 11.4 Å². The van der Waals surface area contributed by atoms with Crippen LogP contribution in [-0.2, 0) is 6.42 Å². The smallest absolute Gasteiger partial charge is 0.163 e. The molecule has 0 aliphatic rings. The van der Waals surface area contributed by atoms with Gasteiger partial charge in [-0.25, -0.2) is 15.8 Å². The number of nitrogens with two attached hydrogens (primary N) is 1. The van der Waals surface area contributed by atoms with Gasteiger partial charge in [0.2, 0.25) is 0 Å². The predicted octanol–water partition coefficient (Wildman–Crippen LogP) is 3.07. The van der Waals surface area contributed by atoms with Crippen LogP contribution in [-0.4, -0.2) is 17.1 Å². The van der Waals surface area contributed by atoms with E-state index >= 15 is 0 Å². The summed E-state index contributed by atoms with van der Waals surface area (Å²) in [6, 6.07) is 5.69. The number of hydrogen-bond acceptors (Lipinski definition) is 5. The predicted molar refractivity (Wildman–Crippen MR) is 83.6 cm³/mol. The van der Waals surface area contributed by atoms with E-state index in [4.69, 9.17) is 10.6 Å². The molecule has 0 aliphatic carbocycles. The average Bonchev–Trinajstić information content (AvgIpc) is 2.48. The highest BCUT2D eigenvalue weighted by molar-refractivity contribution is 9.10. The van der Waals surface area contributed by atoms with Gasteiger partial charge in [-0.2, -0.15) is 0 Å². The van der Waals surface area contributed by atoms with E-state index in [0.717, 1.165) is 33.5 Å². The second kappa shape index (κ2) is 6.19. The molecule has 0 atom stereocenters. The van der Waals surface area contributed by atoms with Crippen molar-refractivity contribution in [3.63, 3.8) is 0 Å². The number of rotatable bonds is 4. The number of anilines is 1. The molecule has 0 saturated heterocycles. The lowest BCUT2D eigenvalue weighted by molar-refractivity contribution is 0.415. The molecule has 2 aromatic rings. The maximum atomic E-state index is 5.54. The first-order valence-electron chi connectivity index (χ1n) is 6.28. The molecule has 1 aromatic heterocycles. The first-order chi connectivity index (χ1) is 9.60. The molecule has 1 heterocycles. The molecular weight excluding hydrogens is 320 g/mol. The van der Waals surface area contributed by atoms with Crippen molar-refractivity contribution in [1.29, 1.82) is 0 Å². The van der Waals surface area contributed by atoms with Crippen LogP contribution in [0.15, 0.2) is 22.7 Å². The van der Waals surface area contributed by atoms with Gasteiger partial charge in [0.25, 0.3) is 0 Å². The lowest BCUT2D eigenvalue weighted by atomic mass is 10.1. The molecule has 0 spiro atoms. The number of aromatic nitrogens is 2. The van der Waals surface area contributed by atoms with Crippen molar-refractivity contribution in [2.24, 2.45) is 5.84 Å². The fourth-order valence-electron chi connectivity index (χ4n) is 1.97. The van der Waals surface area contributed by atoms with Gasteiger partial charge >= 0.3 is 0 Å². The highest BCUT2D eigenvalue weighted by atomic mass is 79.9. The highest BCUT2D eigenvalue weighted by Crippen LogP contribution is 2.31. The van der Waals surface area contributed by atoms with Gasteiger partial charge in [-0.05, 0) is 31.5 Å². The molecule has 20 heavy (non-hydrogen) atoms. The number of nitrogen functional groups attached to an aromatic ring is 1. The molecule has 0 aliphatic heterocycles. The molecule has 1 aromatic carbocycles. The zero-order chi connectivity index (χ0) is 14.7. The number of halogens is 1. The molecule has 6 heteroatoms. The van der Waals surface area contributed by atoms with Gasteiger partial charge in [-0.3, -0.25) is 0 Å². The van der Waals surface area contributed by atoms with Gasteiger partial charge in [-0.1, -0.05) is 22.9 Å². The fourth-order valence-corrected chi connectivity index (χ4v) is 2.39. The summed E-state index contributed by atoms with van der Waals surface area (Å²) in [6.07, 6.45) is 0.817. The van der Waals surface area contributed by atoms with Gasteiger partial charge in [0.15, 0.2) is 5.82 Å². The molecule has 0 saturated carbocycles. The number of hydrogen-bond donors (Lipinski definition) is 2. The van der Waals surface area contributed by atoms with Crippen molar-refractivity contribution in [2.45, 2.75) is 20.3 Å². The fraction of sp³-hybridized carbons (Fsp3) is 0.286. The zero-order valence-electron chi connectivity index (χ0n) is 11.7. The highest BCUT2D eigenvalue weighted by Gasteiger charge is 2.13. The van der Waals surface area contributed by atoms with Gasteiger partial charge in [-0.15, -0.1) is 0 Å². The third kappa shape index (κ3) is 2.76. The minimum absolute atomic E-state index is 0.617. The van der Waals surface area contributed by atoms with Crippen molar-refractivity contribution >= 4 is 21.7 Å². The summed E-state index contributed by atoms with van der Waals surface area (Å²) in [4.78, 5) is 9.09. The van der Waals surface area contributed by atoms with Gasteiger partial charge in [0.05, 0.1) is 7.11 Å². The number of aryl methyl sites for hydroxylation is 1. The summed E-state index contributed by atoms with van der Waals surface area (Å²) < 4.78 is 6.16. The van der Waals surface area contributed by atoms with Gasteiger partial charge < -0.3 is 10.2 Å². The molecule has 3 N–H and O–H groups in total. The standard InChI is InChI=1S/C14H17BrN4O/c1-4-12-8(2)13(19-16)18-14(17-12)10-7-9(20-3)5-6-11(10)15/h5-7H,4,16H2,1-3H3,(H,17,18,19). The minimum atomic E-state index is 0.617. The Morgan fingerprint density at radius 2 is 2.10 bits per heavy atom. The maximum absolute atomic E-state index is 5.54. The van der Waals surface area contributed by atoms with E-state index in [2.05, 4.69) is 38.2 Å². The third-order valence-corrected chi connectivity index (χ3v) is 3.82. The Morgan fingerprint density at radius 3 is 2.70 bits per heavy atom. The summed E-state index contributed by atoms with van der Waals surface area (Å²) >= 11 is 3.52. The Morgan fingerprint density at radius 1 is 1.35 bits per heavy atom. The summed E-state index contributed by atoms with van der Waals surface area (Å²) in [7, 11) is 1.63. The Hall–Kier alpha value is -1.66. The summed E-state index contributed by atoms with van der Waals surface area (Å²) in [5.41, 5.74) is 5.44. The van der Waals surface area contributed by atoms with Crippen LogP contribution in [0, 0.1) is 6.92 Å². The Balaban J connectivity index is 2.63. The lowest BCUT2D eigenvalue weighted by Crippen LogP contribution is -2.13. The second-order valence-corrected chi connectivity index (χ2v) is 5.17. The molecule has 0 fully saturated rings. The van der Waals surface area contributed by atoms with Gasteiger partial charge in [0, 0.05) is 21.3 Å². The van der Waals surface area contributed by atoms with Crippen molar-refractivity contribution in [3.05, 3.63) is 33.9 Å². The van der Waals surface area contributed by atoms with Crippen molar-refractivity contribution < 1.29 is 4.74 Å². The molecule has 2 rings (SSSR count). The van der Waals surface area contributed by atoms with Crippen LogP contribution in [0.5, 0.6) is 5.75 Å². The minimum Gasteiger partial charge on any atom is -0.497 e. The van der Waals surface area contributed by atoms with E-state index in [-0.39, 0.29) is 0 Å². The number of ether oxygens (including phenoxy) is 1. The zero-order valence-corrected chi connectivity index (χ0v) is 13.3. The summed E-state index contributed by atoms with van der Waals surface area (Å²) in [5.74, 6) is 7.55. The number of nitrogens with one attached hydrogen (secondary N) is 1. The average molecular weight is 337 g/mol. The Kier molecular flexibility index (Phi) is 4.57. The van der Waals surface area contributed by atoms with E-state index in [1.807, 2.05) is 25.1 Å². The van der Waals surface area contributed by atoms with Crippen LogP contribution in [0.2, 0.25) is 0 Å². The molecular formula is C14H17BrN4O. The SMILES string of the molecule is CCc1nc(-c2cc(OC)ccc2Br)nc(NN)c1C. The molecule has 5 nitrogen and oxygen atoms in total. The number of hydrazine groups is 1. The van der Waals surface area contributed by atoms with E-state index < -0.39 is 0 Å². The third-order valence-electron chi connectivity index (χ3n) is 3.13. The summed E-state index contributed by atoms with van der Waals surface area (Å²) in [5, 5.41) is 0. The van der Waals surface area contributed by atoms with Crippen LogP contribution < -0.4 is 16.0 Å². The number of methoxy groups -OCH3 is 1. The first-order valence-corrected chi connectivity index (χ1v) is 7.08. The molecule has 0 radical (unpaired) electrons. The first kappa shape index (κ1) is 14.7. The van der Waals surface area contributed by atoms with Crippen molar-refractivity contribution in [3.8, 4) is 17.1 Å². The largest absolute Gasteiger partial charge is 0.497 e. The van der Waals surface area contributed by atoms with E-state index in [0.29, 0.717) is 11.6 Å². The van der Waals surface area contributed by atoms with Crippen molar-refractivity contribution in [1.82, 2.24) is 9.97 Å². The topological polar surface area (TPSA) is 73.1 Å². The van der Waals surface area contributed by atoms with Crippen LogP contribution >= 0.6 is 15.9 Å². The lowest BCUT2D eigenvalue weighted by Gasteiger charge is -2.12. The van der Waals surface area contributed by atoms with E-state index in [1.165, 1.54) is 0 Å². The number of benzene rings is 1. The maximum Gasteiger partial charge on any atom is 0.163 e. The summed E-state index contributed by atoms with van der Waals surface area (Å²) in [6.45, 7) is 4.01. The second-order valence-electron chi connectivity index (χ2n) is 4.31. The van der Waals surface area contributed by atoms with Crippen molar-refractivity contribution in [2.75, 3.05) is 12.5 Å². The van der Waals surface area contributed by atoms with Crippen LogP contribution in [0.4, 0.5) is 5.82 Å². The van der Waals surface area contributed by atoms with Crippen LogP contribution in [0.1, 0.15) is 18.2 Å². The Labute approximate surface area is 126 Å². The van der Waals surface area contributed by atoms with E-state index in [9.17, 15) is 0 Å². The van der Waals surface area contributed by atoms with Gasteiger partial charge in [0.1, 0.15) is 11.6 Å². The molecule has 0 bridgehead atoms. The molecule has 0 amide bonds. The number of nitrogens with zero attached hydrogens (tertiary/aromatic N) is 2. The van der Waals surface area contributed by atoms with Crippen LogP contribution in [0.3, 0.4) is 0 Å². The quantitative estimate of drug-likeness (QED) is 0.663. The molecule has 106 valence electrons. The normalized spacial score (nSPS) is 10.4. The monoisotopic (exact) mass is 336 g/mol. The van der Waals surface area contributed by atoms with E-state index in [1.54, 1.807) is 7.11 Å².